The van der Waals surface area contributed by atoms with Crippen LogP contribution >= 0.6 is 0 Å². The van der Waals surface area contributed by atoms with Gasteiger partial charge in [0.2, 0.25) is 5.95 Å². The van der Waals surface area contributed by atoms with E-state index >= 15 is 0 Å². The first-order chi connectivity index (χ1) is 32.2. The van der Waals surface area contributed by atoms with Gasteiger partial charge in [-0.25, -0.2) is 19.9 Å². The van der Waals surface area contributed by atoms with Gasteiger partial charge >= 0.3 is 0 Å². The minimum absolute atomic E-state index is 0.576. The maximum absolute atomic E-state index is 6.75. The van der Waals surface area contributed by atoms with E-state index in [-0.39, 0.29) is 0 Å². The quantitative estimate of drug-likeness (QED) is 0.167. The van der Waals surface area contributed by atoms with Gasteiger partial charge in [-0.15, -0.1) is 0 Å². The molecule has 7 heterocycles. The first-order valence-corrected chi connectivity index (χ1v) is 21.6. The number of hydrogen-bond acceptors (Lipinski definition) is 5. The third-order valence-corrected chi connectivity index (χ3v) is 12.8. The number of pyridine rings is 2. The first-order valence-electron chi connectivity index (χ1n) is 21.6. The van der Waals surface area contributed by atoms with E-state index in [4.69, 9.17) is 24.7 Å². The van der Waals surface area contributed by atoms with Crippen LogP contribution in [0.1, 0.15) is 0 Å². The maximum Gasteiger partial charge on any atom is 0.234 e. The fraction of sp³-hybridized carbons (Fsp3) is 0. The van der Waals surface area contributed by atoms with E-state index in [0.717, 1.165) is 88.8 Å². The standard InChI is InChI=1S/C56H34N8O/c1-5-16-47-38(12-1)42-24-21-36(31-50(42)62(47)54-18-7-9-26-57-54)65-37-22-25-43-41-23-20-35(30-49(41)64(51(43)32-37)56-59-28-11-29-60-56)61-46-15-4-2-13-39(46)44-33-45-40-14-3-6-17-48(40)63(53(45)34-52(44)61)55-19-8-10-27-58-55/h1-34H. The second kappa shape index (κ2) is 13.7. The van der Waals surface area contributed by atoms with Gasteiger partial charge in [0.25, 0.3) is 0 Å². The van der Waals surface area contributed by atoms with Crippen molar-refractivity contribution in [1.29, 1.82) is 0 Å². The Hall–Kier alpha value is -9.08. The molecule has 0 amide bonds. The van der Waals surface area contributed by atoms with Crippen LogP contribution < -0.4 is 4.74 Å². The first kappa shape index (κ1) is 35.5. The highest BCUT2D eigenvalue weighted by Crippen LogP contribution is 2.42. The zero-order valence-corrected chi connectivity index (χ0v) is 34.6. The molecule has 9 heteroatoms. The van der Waals surface area contributed by atoms with Gasteiger partial charge in [0.15, 0.2) is 0 Å². The summed E-state index contributed by atoms with van der Waals surface area (Å²) in [5.41, 5.74) is 9.50. The number of benzene rings is 7. The largest absolute Gasteiger partial charge is 0.457 e. The van der Waals surface area contributed by atoms with Crippen molar-refractivity contribution in [2.45, 2.75) is 0 Å². The molecule has 0 fully saturated rings. The molecule has 0 aliphatic carbocycles. The highest BCUT2D eigenvalue weighted by atomic mass is 16.5. The third kappa shape index (κ3) is 5.26. The van der Waals surface area contributed by atoms with E-state index in [0.29, 0.717) is 11.7 Å². The molecule has 9 nitrogen and oxygen atoms in total. The van der Waals surface area contributed by atoms with Crippen LogP contribution in [0, 0.1) is 0 Å². The molecule has 0 N–H and O–H groups in total. The molecule has 0 aliphatic heterocycles. The highest BCUT2D eigenvalue weighted by molar-refractivity contribution is 6.19. The van der Waals surface area contributed by atoms with Gasteiger partial charge in [0.05, 0.1) is 44.1 Å². The van der Waals surface area contributed by atoms with E-state index < -0.39 is 0 Å². The summed E-state index contributed by atoms with van der Waals surface area (Å²) in [7, 11) is 0. The van der Waals surface area contributed by atoms with E-state index in [9.17, 15) is 0 Å². The van der Waals surface area contributed by atoms with Gasteiger partial charge in [-0.05, 0) is 97.1 Å². The summed E-state index contributed by atoms with van der Waals surface area (Å²) in [6.45, 7) is 0. The molecule has 0 atom stereocenters. The van der Waals surface area contributed by atoms with Crippen LogP contribution in [0.4, 0.5) is 0 Å². The lowest BCUT2D eigenvalue weighted by Gasteiger charge is -2.11. The van der Waals surface area contributed by atoms with E-state index in [1.807, 2.05) is 60.9 Å². The van der Waals surface area contributed by atoms with Crippen molar-refractivity contribution < 1.29 is 4.74 Å². The summed E-state index contributed by atoms with van der Waals surface area (Å²) in [5.74, 6) is 3.73. The van der Waals surface area contributed by atoms with Crippen molar-refractivity contribution in [2.75, 3.05) is 0 Å². The Morgan fingerprint density at radius 2 is 0.708 bits per heavy atom. The number of rotatable bonds is 6. The molecular formula is C56H34N8O. The summed E-state index contributed by atoms with van der Waals surface area (Å²) in [6.07, 6.45) is 7.27. The summed E-state index contributed by atoms with van der Waals surface area (Å²) >= 11 is 0. The van der Waals surface area contributed by atoms with Crippen molar-refractivity contribution in [3.63, 3.8) is 0 Å². The molecule has 304 valence electrons. The molecule has 0 saturated heterocycles. The van der Waals surface area contributed by atoms with Gasteiger partial charge in [-0.1, -0.05) is 72.8 Å². The van der Waals surface area contributed by atoms with Gasteiger partial charge in [0, 0.05) is 85.7 Å². The lowest BCUT2D eigenvalue weighted by Crippen LogP contribution is -2.01. The second-order valence-electron chi connectivity index (χ2n) is 16.4. The Labute approximate surface area is 370 Å². The highest BCUT2D eigenvalue weighted by Gasteiger charge is 2.22. The Bertz CT molecular complexity index is 4210. The van der Waals surface area contributed by atoms with Crippen LogP contribution in [-0.2, 0) is 0 Å². The van der Waals surface area contributed by atoms with Crippen molar-refractivity contribution >= 4 is 87.2 Å². The van der Waals surface area contributed by atoms with Crippen molar-refractivity contribution in [3.8, 4) is 34.8 Å². The van der Waals surface area contributed by atoms with E-state index in [1.165, 1.54) is 21.5 Å². The Morgan fingerprint density at radius 1 is 0.277 bits per heavy atom. The number of aromatic nitrogens is 8. The third-order valence-electron chi connectivity index (χ3n) is 12.8. The maximum atomic E-state index is 6.75. The van der Waals surface area contributed by atoms with Gasteiger partial charge in [-0.3, -0.25) is 13.7 Å². The van der Waals surface area contributed by atoms with E-state index in [1.54, 1.807) is 12.4 Å². The fourth-order valence-electron chi connectivity index (χ4n) is 10.1. The molecule has 14 rings (SSSR count). The molecule has 0 saturated carbocycles. The van der Waals surface area contributed by atoms with Crippen molar-refractivity contribution in [3.05, 3.63) is 207 Å². The van der Waals surface area contributed by atoms with Crippen LogP contribution in [0.25, 0.3) is 110 Å². The lowest BCUT2D eigenvalue weighted by atomic mass is 10.1. The van der Waals surface area contributed by atoms with Crippen LogP contribution in [0.3, 0.4) is 0 Å². The molecule has 0 aliphatic rings. The second-order valence-corrected chi connectivity index (χ2v) is 16.4. The minimum Gasteiger partial charge on any atom is -0.457 e. The van der Waals surface area contributed by atoms with Gasteiger partial charge in [0.1, 0.15) is 23.1 Å². The molecule has 0 spiro atoms. The summed E-state index contributed by atoms with van der Waals surface area (Å²) in [5, 5.41) is 9.20. The normalized spacial score (nSPS) is 12.0. The molecule has 7 aromatic heterocycles. The average molecular weight is 835 g/mol. The number of nitrogens with zero attached hydrogens (tertiary/aromatic N) is 8. The van der Waals surface area contributed by atoms with Crippen molar-refractivity contribution in [1.82, 2.24) is 38.2 Å². The zero-order valence-electron chi connectivity index (χ0n) is 34.6. The Kier molecular flexibility index (Phi) is 7.49. The fourth-order valence-corrected chi connectivity index (χ4v) is 10.1. The van der Waals surface area contributed by atoms with E-state index in [2.05, 4.69) is 152 Å². The predicted octanol–water partition coefficient (Wildman–Crippen LogP) is 13.4. The zero-order chi connectivity index (χ0) is 42.6. The van der Waals surface area contributed by atoms with Crippen LogP contribution in [0.5, 0.6) is 11.5 Å². The number of ether oxygens (including phenoxy) is 1. The molecule has 65 heavy (non-hydrogen) atoms. The van der Waals surface area contributed by atoms with Crippen LogP contribution in [-0.4, -0.2) is 38.2 Å². The van der Waals surface area contributed by atoms with Crippen molar-refractivity contribution in [2.24, 2.45) is 0 Å². The SMILES string of the molecule is c1ccc(-n2c3ccccc3c3ccc(Oc4ccc5c6ccc(-n7c8ccccc8c8cc9c%10ccccc%10n(-c%10ccccn%10)c9cc87)cc6n(-c6ncccn6)c5c4)cc32)nc1. The summed E-state index contributed by atoms with van der Waals surface area (Å²) in [6, 6.07) is 63.6. The smallest absolute Gasteiger partial charge is 0.234 e. The predicted molar refractivity (Wildman–Crippen MR) is 261 cm³/mol. The Morgan fingerprint density at radius 3 is 1.28 bits per heavy atom. The number of fused-ring (bicyclic) bond motifs is 12. The number of hydrogen-bond donors (Lipinski definition) is 0. The lowest BCUT2D eigenvalue weighted by molar-refractivity contribution is 0.484. The number of para-hydroxylation sites is 3. The van der Waals surface area contributed by atoms with Crippen LogP contribution in [0.2, 0.25) is 0 Å². The molecular weight excluding hydrogens is 801 g/mol. The molecule has 14 aromatic rings. The van der Waals surface area contributed by atoms with Crippen LogP contribution in [0.15, 0.2) is 207 Å². The summed E-state index contributed by atoms with van der Waals surface area (Å²) < 4.78 is 15.7. The Balaban J connectivity index is 0.961. The van der Waals surface area contributed by atoms with Gasteiger partial charge < -0.3 is 9.30 Å². The van der Waals surface area contributed by atoms with Gasteiger partial charge in [-0.2, -0.15) is 0 Å². The minimum atomic E-state index is 0.576. The summed E-state index contributed by atoms with van der Waals surface area (Å²) in [4.78, 5) is 19.1. The molecule has 0 bridgehead atoms. The average Bonchev–Trinajstić information content (AvgIpc) is 4.08. The molecule has 0 radical (unpaired) electrons. The topological polar surface area (TPSA) is 80.5 Å². The molecule has 0 unspecified atom stereocenters. The monoisotopic (exact) mass is 834 g/mol. The molecule has 7 aromatic carbocycles.